The minimum Gasteiger partial charge on any atom is -0.481 e. The van der Waals surface area contributed by atoms with Gasteiger partial charge in [-0.3, -0.25) is 9.59 Å². The summed E-state index contributed by atoms with van der Waals surface area (Å²) in [6, 6.07) is 2.66. The Kier molecular flexibility index (Phi) is 10.6. The zero-order valence-electron chi connectivity index (χ0n) is 17.6. The quantitative estimate of drug-likeness (QED) is 0.244. The number of rotatable bonds is 13. The number of hydrogen-bond donors (Lipinski definition) is 6. The van der Waals surface area contributed by atoms with Crippen molar-refractivity contribution in [1.29, 1.82) is 0 Å². The van der Waals surface area contributed by atoms with E-state index in [9.17, 15) is 29.1 Å². The molecule has 7 N–H and O–H groups in total. The van der Waals surface area contributed by atoms with Crippen LogP contribution in [-0.2, 0) is 25.6 Å². The molecule has 0 radical (unpaired) electrons. The van der Waals surface area contributed by atoms with Gasteiger partial charge in [0.1, 0.15) is 12.1 Å². The van der Waals surface area contributed by atoms with Crippen LogP contribution in [0, 0.1) is 0 Å². The Balaban J connectivity index is 2.80. The first-order chi connectivity index (χ1) is 15.0. The number of aliphatic carboxylic acids is 3. The zero-order chi connectivity index (χ0) is 24.3. The number of anilines is 1. The molecule has 1 rings (SSSR count). The third-order valence-electron chi connectivity index (χ3n) is 4.59. The fourth-order valence-corrected chi connectivity index (χ4v) is 2.74. The highest BCUT2D eigenvalue weighted by atomic mass is 16.4. The summed E-state index contributed by atoms with van der Waals surface area (Å²) in [4.78, 5) is 58.6. The normalized spacial score (nSPS) is 12.3. The lowest BCUT2D eigenvalue weighted by Crippen LogP contribution is -2.52. The molecule has 0 bridgehead atoms. The van der Waals surface area contributed by atoms with Gasteiger partial charge in [-0.25, -0.2) is 14.4 Å². The molecule has 1 aromatic carbocycles. The molecule has 0 aliphatic carbocycles. The van der Waals surface area contributed by atoms with Crippen LogP contribution in [-0.4, -0.2) is 75.7 Å². The van der Waals surface area contributed by atoms with Gasteiger partial charge in [-0.15, -0.1) is 0 Å². The predicted molar refractivity (Wildman–Crippen MR) is 113 cm³/mol. The maximum atomic E-state index is 12.4. The summed E-state index contributed by atoms with van der Waals surface area (Å²) in [5.74, 6) is -4.15. The van der Waals surface area contributed by atoms with E-state index in [0.29, 0.717) is 24.2 Å². The molecular weight excluding hydrogens is 424 g/mol. The molecule has 0 spiro atoms. The molecule has 0 fully saturated rings. The summed E-state index contributed by atoms with van der Waals surface area (Å²) in [5.41, 5.74) is 6.45. The van der Waals surface area contributed by atoms with Crippen molar-refractivity contribution in [3.05, 3.63) is 29.8 Å². The first kappa shape index (κ1) is 26.4. The van der Waals surface area contributed by atoms with E-state index in [2.05, 4.69) is 10.6 Å². The number of amides is 3. The van der Waals surface area contributed by atoms with Crippen LogP contribution in [0.3, 0.4) is 0 Å². The number of benzene rings is 1. The fraction of sp³-hybridized carbons (Fsp3) is 0.450. The second-order valence-corrected chi connectivity index (χ2v) is 7.08. The van der Waals surface area contributed by atoms with Crippen LogP contribution in [0.25, 0.3) is 0 Å². The van der Waals surface area contributed by atoms with E-state index in [0.717, 1.165) is 4.90 Å². The van der Waals surface area contributed by atoms with Crippen molar-refractivity contribution in [3.8, 4) is 0 Å². The van der Waals surface area contributed by atoms with Gasteiger partial charge in [0.2, 0.25) is 5.91 Å². The third-order valence-corrected chi connectivity index (χ3v) is 4.59. The van der Waals surface area contributed by atoms with Gasteiger partial charge in [0.25, 0.3) is 0 Å². The molecule has 0 unspecified atom stereocenters. The van der Waals surface area contributed by atoms with E-state index in [1.54, 1.807) is 24.3 Å². The van der Waals surface area contributed by atoms with Crippen LogP contribution in [0.2, 0.25) is 0 Å². The van der Waals surface area contributed by atoms with Crippen LogP contribution in [0.4, 0.5) is 10.5 Å². The predicted octanol–water partition coefficient (Wildman–Crippen LogP) is 0.319. The molecule has 0 saturated heterocycles. The van der Waals surface area contributed by atoms with E-state index in [4.69, 9.17) is 15.9 Å². The number of carboxylic acids is 3. The molecule has 0 saturated carbocycles. The monoisotopic (exact) mass is 452 g/mol. The summed E-state index contributed by atoms with van der Waals surface area (Å²) in [7, 11) is 1.20. The third kappa shape index (κ3) is 9.00. The van der Waals surface area contributed by atoms with Gasteiger partial charge in [0, 0.05) is 32.0 Å². The standard InChI is InChI=1S/C20H28N4O8/c1-24(20(32)23-14(18(28)29)8-9-17(26)27)15(19(30)31)11-12-4-6-13(7-5-12)22-16(25)3-2-10-21/h4-7,14-15H,2-3,8-11,21H2,1H3,(H,22,25)(H,23,32)(H,26,27)(H,28,29)(H,30,31)/t14-,15-/m0/s1. The van der Waals surface area contributed by atoms with Gasteiger partial charge in [-0.1, -0.05) is 12.1 Å². The van der Waals surface area contributed by atoms with Crippen molar-refractivity contribution in [2.45, 2.75) is 44.2 Å². The van der Waals surface area contributed by atoms with Crippen molar-refractivity contribution in [3.63, 3.8) is 0 Å². The summed E-state index contributed by atoms with van der Waals surface area (Å²) in [6.07, 6.45) is -0.0624. The summed E-state index contributed by atoms with van der Waals surface area (Å²) >= 11 is 0. The van der Waals surface area contributed by atoms with Crippen molar-refractivity contribution >= 4 is 35.5 Å². The summed E-state index contributed by atoms with van der Waals surface area (Å²) < 4.78 is 0. The number of carbonyl (C=O) groups excluding carboxylic acids is 2. The lowest BCUT2D eigenvalue weighted by atomic mass is 10.0. The van der Waals surface area contributed by atoms with Crippen LogP contribution in [0.1, 0.15) is 31.2 Å². The van der Waals surface area contributed by atoms with Crippen molar-refractivity contribution in [2.75, 3.05) is 18.9 Å². The van der Waals surface area contributed by atoms with Gasteiger partial charge in [-0.2, -0.15) is 0 Å². The Morgan fingerprint density at radius 3 is 2.12 bits per heavy atom. The number of nitrogens with one attached hydrogen (secondary N) is 2. The maximum Gasteiger partial charge on any atom is 0.326 e. The number of hydrogen-bond acceptors (Lipinski definition) is 6. The van der Waals surface area contributed by atoms with Gasteiger partial charge in [0.05, 0.1) is 0 Å². The van der Waals surface area contributed by atoms with Crippen molar-refractivity contribution in [1.82, 2.24) is 10.2 Å². The smallest absolute Gasteiger partial charge is 0.326 e. The Labute approximate surface area is 184 Å². The Morgan fingerprint density at radius 1 is 1.00 bits per heavy atom. The van der Waals surface area contributed by atoms with Gasteiger partial charge in [0.15, 0.2) is 0 Å². The molecule has 0 aliphatic rings. The van der Waals surface area contributed by atoms with E-state index in [1.165, 1.54) is 7.05 Å². The fourth-order valence-electron chi connectivity index (χ4n) is 2.74. The van der Waals surface area contributed by atoms with E-state index in [-0.39, 0.29) is 25.2 Å². The molecular formula is C20H28N4O8. The topological polar surface area (TPSA) is 199 Å². The van der Waals surface area contributed by atoms with Crippen molar-refractivity contribution in [2.24, 2.45) is 5.73 Å². The van der Waals surface area contributed by atoms with Crippen LogP contribution < -0.4 is 16.4 Å². The largest absolute Gasteiger partial charge is 0.481 e. The molecule has 0 aromatic heterocycles. The van der Waals surface area contributed by atoms with E-state index in [1.807, 2.05) is 0 Å². The maximum absolute atomic E-state index is 12.4. The highest BCUT2D eigenvalue weighted by Gasteiger charge is 2.30. The van der Waals surface area contributed by atoms with Crippen LogP contribution >= 0.6 is 0 Å². The van der Waals surface area contributed by atoms with Crippen molar-refractivity contribution < 1.29 is 39.3 Å². The number of carbonyl (C=O) groups is 5. The molecule has 32 heavy (non-hydrogen) atoms. The molecule has 3 amide bonds. The number of nitrogens with zero attached hydrogens (tertiary/aromatic N) is 1. The number of nitrogens with two attached hydrogens (primary N) is 1. The van der Waals surface area contributed by atoms with Gasteiger partial charge < -0.3 is 36.6 Å². The molecule has 12 heteroatoms. The average Bonchev–Trinajstić information content (AvgIpc) is 2.73. The number of urea groups is 1. The van der Waals surface area contributed by atoms with Crippen LogP contribution in [0.5, 0.6) is 0 Å². The lowest BCUT2D eigenvalue weighted by Gasteiger charge is -2.27. The first-order valence-corrected chi connectivity index (χ1v) is 9.84. The second-order valence-electron chi connectivity index (χ2n) is 7.08. The van der Waals surface area contributed by atoms with E-state index >= 15 is 0 Å². The molecule has 1 aromatic rings. The highest BCUT2D eigenvalue weighted by Crippen LogP contribution is 2.14. The number of likely N-dealkylation sites (N-methyl/N-ethyl adjacent to an activating group) is 1. The van der Waals surface area contributed by atoms with Crippen LogP contribution in [0.15, 0.2) is 24.3 Å². The highest BCUT2D eigenvalue weighted by molar-refractivity contribution is 5.90. The molecule has 2 atom stereocenters. The first-order valence-electron chi connectivity index (χ1n) is 9.84. The Hall–Kier alpha value is -3.67. The summed E-state index contributed by atoms with van der Waals surface area (Å²) in [5, 5.41) is 32.2. The Bertz CT molecular complexity index is 827. The van der Waals surface area contributed by atoms with Gasteiger partial charge >= 0.3 is 23.9 Å². The van der Waals surface area contributed by atoms with Gasteiger partial charge in [-0.05, 0) is 37.1 Å². The summed E-state index contributed by atoms with van der Waals surface area (Å²) in [6.45, 7) is 0.400. The molecule has 0 heterocycles. The molecule has 176 valence electrons. The zero-order valence-corrected chi connectivity index (χ0v) is 17.6. The minimum absolute atomic E-state index is 0.0759. The number of carboxylic acid groups (broad SMARTS) is 3. The SMILES string of the molecule is CN(C(=O)N[C@@H](CCC(=O)O)C(=O)O)[C@@H](Cc1ccc(NC(=O)CCCN)cc1)C(=O)O. The molecule has 12 nitrogen and oxygen atoms in total. The minimum atomic E-state index is -1.47. The average molecular weight is 452 g/mol. The molecule has 0 aliphatic heterocycles. The second kappa shape index (κ2) is 12.9. The van der Waals surface area contributed by atoms with E-state index < -0.39 is 42.4 Å². The Morgan fingerprint density at radius 2 is 1.62 bits per heavy atom. The lowest BCUT2D eigenvalue weighted by molar-refractivity contribution is -0.142.